The van der Waals surface area contributed by atoms with E-state index >= 15 is 0 Å². The molecular weight excluding hydrogens is 376 g/mol. The van der Waals surface area contributed by atoms with Crippen LogP contribution >= 0.6 is 27.5 Å². The summed E-state index contributed by atoms with van der Waals surface area (Å²) in [5.41, 5.74) is 2.46. The van der Waals surface area contributed by atoms with Crippen molar-refractivity contribution in [1.82, 2.24) is 4.98 Å². The van der Waals surface area contributed by atoms with Crippen LogP contribution in [0.15, 0.2) is 65.3 Å². The number of pyridine rings is 1. The topological polar surface area (TPSA) is 42.0 Å². The smallest absolute Gasteiger partial charge is 0.248 e. The molecule has 0 aliphatic heterocycles. The Morgan fingerprint density at radius 3 is 2.70 bits per heavy atom. The lowest BCUT2D eigenvalue weighted by Crippen LogP contribution is -2.08. The second-order valence-corrected chi connectivity index (χ2v) is 6.25. The van der Waals surface area contributed by atoms with E-state index in [2.05, 4.69) is 26.2 Å². The third-order valence-corrected chi connectivity index (χ3v) is 4.00. The molecule has 0 aliphatic rings. The Kier molecular flexibility index (Phi) is 4.74. The highest BCUT2D eigenvalue weighted by atomic mass is 79.9. The molecule has 3 nitrogen and oxygen atoms in total. The van der Waals surface area contributed by atoms with Crippen molar-refractivity contribution in [2.75, 3.05) is 5.32 Å². The van der Waals surface area contributed by atoms with Crippen molar-refractivity contribution in [3.63, 3.8) is 0 Å². The Balaban J connectivity index is 1.80. The van der Waals surface area contributed by atoms with Crippen molar-refractivity contribution < 1.29 is 4.79 Å². The number of halogens is 2. The number of benzene rings is 2. The third kappa shape index (κ3) is 3.97. The summed E-state index contributed by atoms with van der Waals surface area (Å²) in [5.74, 6) is -0.201. The van der Waals surface area contributed by atoms with E-state index in [1.807, 2.05) is 30.3 Å². The van der Waals surface area contributed by atoms with E-state index in [9.17, 15) is 4.79 Å². The summed E-state index contributed by atoms with van der Waals surface area (Å²) >= 11 is 9.27. The maximum atomic E-state index is 12.1. The molecule has 3 rings (SSSR count). The zero-order valence-electron chi connectivity index (χ0n) is 12.0. The molecule has 1 aromatic heterocycles. The molecular formula is C18H12BrClN2O. The van der Waals surface area contributed by atoms with Gasteiger partial charge in [-0.05, 0) is 48.0 Å². The Bertz CT molecular complexity index is 891. The number of anilines is 1. The van der Waals surface area contributed by atoms with Gasteiger partial charge >= 0.3 is 0 Å². The first-order valence-corrected chi connectivity index (χ1v) is 8.08. The molecule has 23 heavy (non-hydrogen) atoms. The van der Waals surface area contributed by atoms with Crippen LogP contribution in [0.4, 0.5) is 5.69 Å². The number of amides is 1. The van der Waals surface area contributed by atoms with Crippen molar-refractivity contribution in [3.05, 3.63) is 75.9 Å². The van der Waals surface area contributed by atoms with E-state index in [1.54, 1.807) is 30.5 Å². The summed E-state index contributed by atoms with van der Waals surface area (Å²) in [5, 5.41) is 4.43. The number of rotatable bonds is 3. The van der Waals surface area contributed by atoms with Gasteiger partial charge in [-0.1, -0.05) is 39.7 Å². The standard InChI is InChI=1S/C18H12BrClN2O/c19-13-4-7-16-15(11-13)17(9-10-21-16)22-18(23)8-3-12-1-5-14(20)6-2-12/h1-11H,(H,21,22,23)/b8-3+. The summed E-state index contributed by atoms with van der Waals surface area (Å²) in [7, 11) is 0. The lowest BCUT2D eigenvalue weighted by Gasteiger charge is -2.06. The van der Waals surface area contributed by atoms with E-state index < -0.39 is 0 Å². The van der Waals surface area contributed by atoms with Gasteiger partial charge in [-0.25, -0.2) is 0 Å². The largest absolute Gasteiger partial charge is 0.322 e. The van der Waals surface area contributed by atoms with Gasteiger partial charge in [-0.3, -0.25) is 9.78 Å². The number of carbonyl (C=O) groups is 1. The van der Waals surface area contributed by atoms with E-state index in [0.29, 0.717) is 5.02 Å². The maximum Gasteiger partial charge on any atom is 0.248 e. The number of carbonyl (C=O) groups excluding carboxylic acids is 1. The number of aromatic nitrogens is 1. The minimum absolute atomic E-state index is 0.201. The van der Waals surface area contributed by atoms with Crippen LogP contribution in [0.1, 0.15) is 5.56 Å². The Morgan fingerprint density at radius 2 is 1.91 bits per heavy atom. The van der Waals surface area contributed by atoms with Crippen LogP contribution in [0.2, 0.25) is 5.02 Å². The van der Waals surface area contributed by atoms with Crippen molar-refractivity contribution in [3.8, 4) is 0 Å². The summed E-state index contributed by atoms with van der Waals surface area (Å²) in [6.45, 7) is 0. The SMILES string of the molecule is O=C(/C=C/c1ccc(Cl)cc1)Nc1ccnc2ccc(Br)cc12. The lowest BCUT2D eigenvalue weighted by atomic mass is 10.2. The second-order valence-electron chi connectivity index (χ2n) is 4.89. The maximum absolute atomic E-state index is 12.1. The average Bonchev–Trinajstić information content (AvgIpc) is 2.55. The molecule has 0 unspecified atom stereocenters. The first-order chi connectivity index (χ1) is 11.1. The fraction of sp³-hybridized carbons (Fsp3) is 0. The fourth-order valence-corrected chi connectivity index (χ4v) is 2.63. The molecule has 0 aliphatic carbocycles. The van der Waals surface area contributed by atoms with Crippen LogP contribution in [-0.4, -0.2) is 10.9 Å². The summed E-state index contributed by atoms with van der Waals surface area (Å²) in [6, 6.07) is 14.8. The van der Waals surface area contributed by atoms with Gasteiger partial charge in [0.2, 0.25) is 5.91 Å². The van der Waals surface area contributed by atoms with E-state index in [0.717, 1.165) is 26.6 Å². The molecule has 0 atom stereocenters. The van der Waals surface area contributed by atoms with E-state index in [1.165, 1.54) is 6.08 Å². The average molecular weight is 388 g/mol. The first kappa shape index (κ1) is 15.7. The number of hydrogen-bond acceptors (Lipinski definition) is 2. The molecule has 2 aromatic carbocycles. The lowest BCUT2D eigenvalue weighted by molar-refractivity contribution is -0.111. The predicted molar refractivity (Wildman–Crippen MR) is 98.6 cm³/mol. The van der Waals surface area contributed by atoms with Gasteiger partial charge < -0.3 is 5.32 Å². The van der Waals surface area contributed by atoms with Gasteiger partial charge in [0, 0.05) is 27.2 Å². The predicted octanol–water partition coefficient (Wildman–Crippen LogP) is 5.30. The number of fused-ring (bicyclic) bond motifs is 1. The van der Waals surface area contributed by atoms with Crippen LogP contribution in [0.5, 0.6) is 0 Å². The van der Waals surface area contributed by atoms with Crippen molar-refractivity contribution in [1.29, 1.82) is 0 Å². The molecule has 0 radical (unpaired) electrons. The molecule has 1 N–H and O–H groups in total. The first-order valence-electron chi connectivity index (χ1n) is 6.91. The summed E-state index contributed by atoms with van der Waals surface area (Å²) in [4.78, 5) is 16.4. The number of nitrogens with one attached hydrogen (secondary N) is 1. The highest BCUT2D eigenvalue weighted by molar-refractivity contribution is 9.10. The number of nitrogens with zero attached hydrogens (tertiary/aromatic N) is 1. The van der Waals surface area contributed by atoms with Gasteiger partial charge in [-0.2, -0.15) is 0 Å². The van der Waals surface area contributed by atoms with Crippen LogP contribution in [0.25, 0.3) is 17.0 Å². The molecule has 0 saturated carbocycles. The van der Waals surface area contributed by atoms with E-state index in [4.69, 9.17) is 11.6 Å². The normalized spacial score (nSPS) is 11.0. The highest BCUT2D eigenvalue weighted by Crippen LogP contribution is 2.25. The zero-order chi connectivity index (χ0) is 16.2. The molecule has 0 fully saturated rings. The van der Waals surface area contributed by atoms with Gasteiger partial charge in [0.1, 0.15) is 0 Å². The summed E-state index contributed by atoms with van der Waals surface area (Å²) < 4.78 is 0.935. The molecule has 3 aromatic rings. The van der Waals surface area contributed by atoms with Crippen LogP contribution in [0.3, 0.4) is 0 Å². The van der Waals surface area contributed by atoms with Gasteiger partial charge in [0.25, 0.3) is 0 Å². The zero-order valence-corrected chi connectivity index (χ0v) is 14.3. The van der Waals surface area contributed by atoms with Crippen LogP contribution in [-0.2, 0) is 4.79 Å². The Morgan fingerprint density at radius 1 is 1.13 bits per heavy atom. The van der Waals surface area contributed by atoms with Crippen LogP contribution < -0.4 is 5.32 Å². The molecule has 114 valence electrons. The monoisotopic (exact) mass is 386 g/mol. The minimum atomic E-state index is -0.201. The second kappa shape index (κ2) is 6.94. The molecule has 1 heterocycles. The molecule has 0 saturated heterocycles. The fourth-order valence-electron chi connectivity index (χ4n) is 2.15. The Hall–Kier alpha value is -2.17. The van der Waals surface area contributed by atoms with Gasteiger partial charge in [-0.15, -0.1) is 0 Å². The highest BCUT2D eigenvalue weighted by Gasteiger charge is 2.05. The molecule has 5 heteroatoms. The molecule has 0 bridgehead atoms. The van der Waals surface area contributed by atoms with Crippen molar-refractivity contribution in [2.45, 2.75) is 0 Å². The minimum Gasteiger partial charge on any atom is -0.322 e. The molecule has 1 amide bonds. The number of hydrogen-bond donors (Lipinski definition) is 1. The van der Waals surface area contributed by atoms with Crippen molar-refractivity contribution >= 4 is 56.1 Å². The Labute approximate surface area is 147 Å². The van der Waals surface area contributed by atoms with Crippen molar-refractivity contribution in [2.24, 2.45) is 0 Å². The van der Waals surface area contributed by atoms with Gasteiger partial charge in [0.15, 0.2) is 0 Å². The van der Waals surface area contributed by atoms with E-state index in [-0.39, 0.29) is 5.91 Å². The van der Waals surface area contributed by atoms with Crippen LogP contribution in [0, 0.1) is 0 Å². The molecule has 0 spiro atoms. The third-order valence-electron chi connectivity index (χ3n) is 3.26. The summed E-state index contributed by atoms with van der Waals surface area (Å²) in [6.07, 6.45) is 4.91. The van der Waals surface area contributed by atoms with Gasteiger partial charge in [0.05, 0.1) is 11.2 Å². The quantitative estimate of drug-likeness (QED) is 0.619.